The number of carbonyl (C=O) groups excluding carboxylic acids is 1. The normalized spacial score (nSPS) is 19.3. The quantitative estimate of drug-likeness (QED) is 0.526. The van der Waals surface area contributed by atoms with Gasteiger partial charge in [0, 0.05) is 24.7 Å². The van der Waals surface area contributed by atoms with Gasteiger partial charge in [0.25, 0.3) is 5.69 Å². The third kappa shape index (κ3) is 2.51. The van der Waals surface area contributed by atoms with Crippen molar-refractivity contribution >= 4 is 45.8 Å². The molecule has 1 aromatic carbocycles. The first-order chi connectivity index (χ1) is 8.52. The van der Waals surface area contributed by atoms with Gasteiger partial charge >= 0.3 is 0 Å². The Morgan fingerprint density at radius 1 is 1.56 bits per heavy atom. The van der Waals surface area contributed by atoms with Crippen LogP contribution in [0.2, 0.25) is 0 Å². The molecule has 1 unspecified atom stereocenters. The van der Waals surface area contributed by atoms with Crippen LogP contribution in [0.5, 0.6) is 0 Å². The van der Waals surface area contributed by atoms with Gasteiger partial charge in [-0.3, -0.25) is 14.9 Å². The fraction of sp³-hybridized carbons (Fsp3) is 0.364. The smallest absolute Gasteiger partial charge is 0.283 e. The zero-order chi connectivity index (χ0) is 13.3. The van der Waals surface area contributed by atoms with Crippen molar-refractivity contribution in [1.82, 2.24) is 0 Å². The molecule has 0 aromatic heterocycles. The summed E-state index contributed by atoms with van der Waals surface area (Å²) < 4.78 is 0.382. The highest BCUT2D eigenvalue weighted by Crippen LogP contribution is 2.32. The molecule has 0 spiro atoms. The van der Waals surface area contributed by atoms with E-state index in [-0.39, 0.29) is 17.5 Å². The van der Waals surface area contributed by atoms with Crippen molar-refractivity contribution in [3.8, 4) is 0 Å². The molecule has 1 fully saturated rings. The lowest BCUT2D eigenvalue weighted by Crippen LogP contribution is -2.24. The van der Waals surface area contributed by atoms with Crippen molar-refractivity contribution in [2.75, 3.05) is 17.2 Å². The zero-order valence-electron chi connectivity index (χ0n) is 9.38. The van der Waals surface area contributed by atoms with E-state index >= 15 is 0 Å². The molecule has 2 rings (SSSR count). The van der Waals surface area contributed by atoms with Crippen molar-refractivity contribution in [1.29, 1.82) is 0 Å². The largest absolute Gasteiger partial charge is 0.312 e. The van der Waals surface area contributed by atoms with E-state index in [1.54, 1.807) is 17.0 Å². The molecule has 1 heterocycles. The number of hydrogen-bond acceptors (Lipinski definition) is 4. The summed E-state index contributed by atoms with van der Waals surface area (Å²) in [5.41, 5.74) is 0.679. The molecule has 0 radical (unpaired) electrons. The Morgan fingerprint density at radius 3 is 2.78 bits per heavy atom. The number of benzene rings is 1. The first-order valence-corrected chi connectivity index (χ1v) is 6.80. The Bertz CT molecular complexity index is 509. The van der Waals surface area contributed by atoms with Crippen LogP contribution in [0.15, 0.2) is 22.7 Å². The van der Waals surface area contributed by atoms with Gasteiger partial charge < -0.3 is 4.90 Å². The molecule has 18 heavy (non-hydrogen) atoms. The number of nitrogens with zero attached hydrogens (tertiary/aromatic N) is 2. The first kappa shape index (κ1) is 13.4. The standard InChI is InChI=1S/C11H11BrN2O3S/c12-9-4-8(1-2-10(9)14(16)17)13-5-7(6-18)3-11(13)15/h1-2,4,7,18H,3,5-6H2. The van der Waals surface area contributed by atoms with Crippen LogP contribution in [0.25, 0.3) is 0 Å². The van der Waals surface area contributed by atoms with E-state index in [1.807, 2.05) is 0 Å². The van der Waals surface area contributed by atoms with Crippen LogP contribution in [0, 0.1) is 16.0 Å². The monoisotopic (exact) mass is 330 g/mol. The number of rotatable bonds is 3. The lowest BCUT2D eigenvalue weighted by atomic mass is 10.1. The SMILES string of the molecule is O=C1CC(CS)CN1c1ccc([N+](=O)[O-])c(Br)c1. The van der Waals surface area contributed by atoms with E-state index < -0.39 is 4.92 Å². The first-order valence-electron chi connectivity index (χ1n) is 5.38. The molecule has 0 N–H and O–H groups in total. The number of thiol groups is 1. The van der Waals surface area contributed by atoms with Crippen LogP contribution in [0.4, 0.5) is 11.4 Å². The summed E-state index contributed by atoms with van der Waals surface area (Å²) in [5, 5.41) is 10.7. The Kier molecular flexibility index (Phi) is 3.91. The Hall–Kier alpha value is -1.08. The fourth-order valence-electron chi connectivity index (χ4n) is 1.97. The predicted octanol–water partition coefficient (Wildman–Crippen LogP) is 2.64. The minimum atomic E-state index is -0.462. The Morgan fingerprint density at radius 2 is 2.28 bits per heavy atom. The highest BCUT2D eigenvalue weighted by Gasteiger charge is 2.30. The summed E-state index contributed by atoms with van der Waals surface area (Å²) in [5.74, 6) is 0.945. The third-order valence-corrected chi connectivity index (χ3v) is 4.05. The van der Waals surface area contributed by atoms with Crippen LogP contribution >= 0.6 is 28.6 Å². The molecule has 0 saturated carbocycles. The molecule has 5 nitrogen and oxygen atoms in total. The number of amides is 1. The average Bonchev–Trinajstić information content (AvgIpc) is 2.70. The molecule has 1 aliphatic heterocycles. The van der Waals surface area contributed by atoms with Gasteiger partial charge in [0.05, 0.1) is 9.40 Å². The molecule has 1 aromatic rings. The maximum atomic E-state index is 11.8. The van der Waals surface area contributed by atoms with E-state index in [4.69, 9.17) is 0 Å². The second-order valence-corrected chi connectivity index (χ2v) is 5.37. The zero-order valence-corrected chi connectivity index (χ0v) is 11.9. The minimum absolute atomic E-state index is 0.00357. The van der Waals surface area contributed by atoms with Crippen LogP contribution in [-0.4, -0.2) is 23.1 Å². The maximum Gasteiger partial charge on any atom is 0.283 e. The number of nitro groups is 1. The minimum Gasteiger partial charge on any atom is -0.312 e. The summed E-state index contributed by atoms with van der Waals surface area (Å²) in [6.07, 6.45) is 0.484. The maximum absolute atomic E-state index is 11.8. The van der Waals surface area contributed by atoms with Crippen LogP contribution < -0.4 is 4.90 Å². The van der Waals surface area contributed by atoms with E-state index in [1.165, 1.54) is 6.07 Å². The van der Waals surface area contributed by atoms with E-state index in [0.29, 0.717) is 28.9 Å². The molecule has 0 bridgehead atoms. The highest BCUT2D eigenvalue weighted by atomic mass is 79.9. The van der Waals surface area contributed by atoms with Gasteiger partial charge in [-0.05, 0) is 39.7 Å². The van der Waals surface area contributed by atoms with Crippen LogP contribution in [0.3, 0.4) is 0 Å². The second kappa shape index (κ2) is 5.27. The summed E-state index contributed by atoms with van der Waals surface area (Å²) in [4.78, 5) is 23.7. The summed E-state index contributed by atoms with van der Waals surface area (Å²) in [7, 11) is 0. The third-order valence-electron chi connectivity index (χ3n) is 2.90. The van der Waals surface area contributed by atoms with Gasteiger partial charge in [-0.25, -0.2) is 0 Å². The van der Waals surface area contributed by atoms with Crippen molar-refractivity contribution in [3.63, 3.8) is 0 Å². The van der Waals surface area contributed by atoms with Crippen molar-refractivity contribution in [2.24, 2.45) is 5.92 Å². The van der Waals surface area contributed by atoms with E-state index in [0.717, 1.165) is 0 Å². The van der Waals surface area contributed by atoms with Crippen molar-refractivity contribution < 1.29 is 9.72 Å². The predicted molar refractivity (Wildman–Crippen MR) is 75.1 cm³/mol. The van der Waals surface area contributed by atoms with Crippen LogP contribution in [0.1, 0.15) is 6.42 Å². The molecule has 7 heteroatoms. The second-order valence-electron chi connectivity index (χ2n) is 4.15. The lowest BCUT2D eigenvalue weighted by Gasteiger charge is -2.16. The molecular formula is C11H11BrN2O3S. The molecule has 0 aliphatic carbocycles. The van der Waals surface area contributed by atoms with Crippen LogP contribution in [-0.2, 0) is 4.79 Å². The number of carbonyl (C=O) groups is 1. The van der Waals surface area contributed by atoms with Gasteiger partial charge in [-0.1, -0.05) is 0 Å². The van der Waals surface area contributed by atoms with Crippen molar-refractivity contribution in [3.05, 3.63) is 32.8 Å². The van der Waals surface area contributed by atoms with Gasteiger partial charge in [0.15, 0.2) is 0 Å². The molecule has 1 amide bonds. The van der Waals surface area contributed by atoms with Gasteiger partial charge in [-0.2, -0.15) is 12.6 Å². The number of nitro benzene ring substituents is 1. The Labute approximate surface area is 118 Å². The average molecular weight is 331 g/mol. The van der Waals surface area contributed by atoms with E-state index in [9.17, 15) is 14.9 Å². The fourth-order valence-corrected chi connectivity index (χ4v) is 2.72. The Balaban J connectivity index is 2.27. The van der Waals surface area contributed by atoms with E-state index in [2.05, 4.69) is 28.6 Å². The summed E-state index contributed by atoms with van der Waals surface area (Å²) in [6, 6.07) is 4.61. The number of anilines is 1. The van der Waals surface area contributed by atoms with Crippen molar-refractivity contribution in [2.45, 2.75) is 6.42 Å². The summed E-state index contributed by atoms with van der Waals surface area (Å²) in [6.45, 7) is 0.618. The van der Waals surface area contributed by atoms with Gasteiger partial charge in [-0.15, -0.1) is 0 Å². The number of hydrogen-bond donors (Lipinski definition) is 1. The molecular weight excluding hydrogens is 320 g/mol. The molecule has 1 atom stereocenters. The lowest BCUT2D eigenvalue weighted by molar-refractivity contribution is -0.385. The van der Waals surface area contributed by atoms with Gasteiger partial charge in [0.2, 0.25) is 5.91 Å². The topological polar surface area (TPSA) is 63.5 Å². The van der Waals surface area contributed by atoms with Gasteiger partial charge in [0.1, 0.15) is 0 Å². The molecule has 1 saturated heterocycles. The highest BCUT2D eigenvalue weighted by molar-refractivity contribution is 9.10. The molecule has 1 aliphatic rings. The molecule has 96 valence electrons. The number of halogens is 1. The summed E-state index contributed by atoms with van der Waals surface area (Å²) >= 11 is 7.35.